The summed E-state index contributed by atoms with van der Waals surface area (Å²) >= 11 is 0. The van der Waals surface area contributed by atoms with Gasteiger partial charge >= 0.3 is 11.9 Å². The van der Waals surface area contributed by atoms with Gasteiger partial charge in [0, 0.05) is 0 Å². The molecule has 1 aliphatic rings. The van der Waals surface area contributed by atoms with Crippen molar-refractivity contribution in [1.29, 1.82) is 0 Å². The van der Waals surface area contributed by atoms with E-state index in [4.69, 9.17) is 9.47 Å². The summed E-state index contributed by atoms with van der Waals surface area (Å²) in [6.45, 7) is 11.1. The van der Waals surface area contributed by atoms with Gasteiger partial charge in [-0.25, -0.2) is 4.79 Å². The van der Waals surface area contributed by atoms with Crippen molar-refractivity contribution in [3.63, 3.8) is 0 Å². The van der Waals surface area contributed by atoms with Crippen LogP contribution in [0.25, 0.3) is 0 Å². The highest BCUT2D eigenvalue weighted by molar-refractivity contribution is 5.80. The van der Waals surface area contributed by atoms with Crippen molar-refractivity contribution in [1.82, 2.24) is 0 Å². The minimum Gasteiger partial charge on any atom is -0.453 e. The van der Waals surface area contributed by atoms with E-state index in [1.54, 1.807) is 13.8 Å². The third-order valence-electron chi connectivity index (χ3n) is 4.51. The van der Waals surface area contributed by atoms with Gasteiger partial charge in [-0.2, -0.15) is 0 Å². The predicted molar refractivity (Wildman–Crippen MR) is 81.8 cm³/mol. The van der Waals surface area contributed by atoms with Crippen LogP contribution >= 0.6 is 0 Å². The Morgan fingerprint density at radius 1 is 1.19 bits per heavy atom. The Labute approximate surface area is 127 Å². The van der Waals surface area contributed by atoms with E-state index >= 15 is 0 Å². The van der Waals surface area contributed by atoms with Gasteiger partial charge in [0.1, 0.15) is 5.60 Å². The second-order valence-corrected chi connectivity index (χ2v) is 6.62. The van der Waals surface area contributed by atoms with Crippen molar-refractivity contribution in [2.24, 2.45) is 5.41 Å². The summed E-state index contributed by atoms with van der Waals surface area (Å²) < 4.78 is 10.7. The molecule has 0 aromatic heterocycles. The van der Waals surface area contributed by atoms with E-state index in [0.29, 0.717) is 6.42 Å². The summed E-state index contributed by atoms with van der Waals surface area (Å²) in [7, 11) is 0. The van der Waals surface area contributed by atoms with Crippen LogP contribution in [0.5, 0.6) is 0 Å². The van der Waals surface area contributed by atoms with Crippen molar-refractivity contribution >= 4 is 11.9 Å². The Morgan fingerprint density at radius 3 is 2.24 bits per heavy atom. The first-order valence-corrected chi connectivity index (χ1v) is 7.78. The summed E-state index contributed by atoms with van der Waals surface area (Å²) in [5, 5.41) is 0. The van der Waals surface area contributed by atoms with Crippen molar-refractivity contribution in [3.05, 3.63) is 12.2 Å². The molecule has 4 heteroatoms. The van der Waals surface area contributed by atoms with Crippen molar-refractivity contribution < 1.29 is 19.1 Å². The topological polar surface area (TPSA) is 52.6 Å². The average Bonchev–Trinajstić information content (AvgIpc) is 2.45. The molecule has 0 amide bonds. The summed E-state index contributed by atoms with van der Waals surface area (Å²) in [6.07, 6.45) is 5.50. The molecule has 0 aliphatic heterocycles. The van der Waals surface area contributed by atoms with Crippen LogP contribution in [0.15, 0.2) is 12.2 Å². The van der Waals surface area contributed by atoms with Crippen LogP contribution in [0.4, 0.5) is 0 Å². The number of hydrogen-bond acceptors (Lipinski definition) is 4. The molecule has 0 radical (unpaired) electrons. The Balaban J connectivity index is 2.56. The van der Waals surface area contributed by atoms with Crippen LogP contribution in [-0.4, -0.2) is 24.1 Å². The number of esters is 2. The second kappa shape index (κ2) is 7.10. The molecule has 0 N–H and O–H groups in total. The molecule has 1 fully saturated rings. The highest BCUT2D eigenvalue weighted by atomic mass is 16.6. The molecule has 0 spiro atoms. The van der Waals surface area contributed by atoms with E-state index in [2.05, 4.69) is 6.58 Å². The fourth-order valence-electron chi connectivity index (χ4n) is 2.45. The van der Waals surface area contributed by atoms with Crippen LogP contribution in [0, 0.1) is 5.41 Å². The molecule has 0 bridgehead atoms. The van der Waals surface area contributed by atoms with E-state index in [-0.39, 0.29) is 12.6 Å². The number of hydrogen-bond donors (Lipinski definition) is 0. The number of carbonyl (C=O) groups excluding carboxylic acids is 2. The molecule has 0 atom stereocenters. The van der Waals surface area contributed by atoms with Gasteiger partial charge in [0.05, 0.1) is 5.41 Å². The zero-order valence-electron chi connectivity index (χ0n) is 13.8. The van der Waals surface area contributed by atoms with Gasteiger partial charge in [-0.05, 0) is 58.4 Å². The number of carbonyl (C=O) groups is 2. The summed E-state index contributed by atoms with van der Waals surface area (Å²) in [5.41, 5.74) is -0.269. The van der Waals surface area contributed by atoms with Crippen LogP contribution < -0.4 is 0 Å². The Hall–Kier alpha value is -1.32. The van der Waals surface area contributed by atoms with Crippen molar-refractivity contribution in [2.75, 3.05) is 6.61 Å². The average molecular weight is 296 g/mol. The van der Waals surface area contributed by atoms with Gasteiger partial charge in [0.15, 0.2) is 6.61 Å². The van der Waals surface area contributed by atoms with Crippen molar-refractivity contribution in [3.8, 4) is 0 Å². The quantitative estimate of drug-likeness (QED) is 0.553. The molecule has 0 unspecified atom stereocenters. The van der Waals surface area contributed by atoms with Crippen molar-refractivity contribution in [2.45, 2.75) is 71.8 Å². The standard InChI is InChI=1S/C17H28O4/c1-6-16(4,5)15(19)20-12-14(18)21-17(13(2)3)10-8-7-9-11-17/h2,6-12H2,1,3-5H3. The van der Waals surface area contributed by atoms with Gasteiger partial charge in [-0.3, -0.25) is 4.79 Å². The summed E-state index contributed by atoms with van der Waals surface area (Å²) in [6, 6.07) is 0. The lowest BCUT2D eigenvalue weighted by atomic mass is 9.80. The first-order chi connectivity index (χ1) is 9.73. The van der Waals surface area contributed by atoms with Gasteiger partial charge in [-0.15, -0.1) is 0 Å². The Bertz CT molecular complexity index is 403. The lowest BCUT2D eigenvalue weighted by Gasteiger charge is -2.37. The van der Waals surface area contributed by atoms with Gasteiger partial charge in [0.25, 0.3) is 0 Å². The summed E-state index contributed by atoms with van der Waals surface area (Å²) in [5.74, 6) is -0.852. The Morgan fingerprint density at radius 2 is 1.76 bits per heavy atom. The van der Waals surface area contributed by atoms with E-state index in [1.165, 1.54) is 0 Å². The molecule has 120 valence electrons. The first kappa shape index (κ1) is 17.7. The maximum atomic E-state index is 12.0. The van der Waals surface area contributed by atoms with E-state index in [9.17, 15) is 9.59 Å². The minimum atomic E-state index is -0.572. The maximum Gasteiger partial charge on any atom is 0.345 e. The van der Waals surface area contributed by atoms with E-state index in [0.717, 1.165) is 37.7 Å². The van der Waals surface area contributed by atoms with Gasteiger partial charge < -0.3 is 9.47 Å². The van der Waals surface area contributed by atoms with E-state index < -0.39 is 17.0 Å². The SMILES string of the molecule is C=C(C)C1(OC(=O)COC(=O)C(C)(C)CC)CCCCC1. The molecule has 1 rings (SSSR count). The first-order valence-electron chi connectivity index (χ1n) is 7.78. The van der Waals surface area contributed by atoms with Crippen LogP contribution in [0.2, 0.25) is 0 Å². The molecule has 21 heavy (non-hydrogen) atoms. The predicted octanol–water partition coefficient (Wildman–Crippen LogP) is 3.79. The maximum absolute atomic E-state index is 12.0. The zero-order valence-corrected chi connectivity index (χ0v) is 13.8. The fraction of sp³-hybridized carbons (Fsp3) is 0.765. The largest absolute Gasteiger partial charge is 0.453 e. The number of ether oxygens (including phenoxy) is 2. The van der Waals surface area contributed by atoms with Gasteiger partial charge in [-0.1, -0.05) is 19.9 Å². The highest BCUT2D eigenvalue weighted by Crippen LogP contribution is 2.37. The second-order valence-electron chi connectivity index (χ2n) is 6.62. The lowest BCUT2D eigenvalue weighted by molar-refractivity contribution is -0.173. The monoisotopic (exact) mass is 296 g/mol. The zero-order chi connectivity index (χ0) is 16.1. The molecule has 0 heterocycles. The molecule has 0 aromatic carbocycles. The molecular formula is C17H28O4. The van der Waals surface area contributed by atoms with Gasteiger partial charge in [0.2, 0.25) is 0 Å². The smallest absolute Gasteiger partial charge is 0.345 e. The molecule has 4 nitrogen and oxygen atoms in total. The van der Waals surface area contributed by atoms with Crippen LogP contribution in [0.3, 0.4) is 0 Å². The molecule has 0 aromatic rings. The molecule has 1 saturated carbocycles. The summed E-state index contributed by atoms with van der Waals surface area (Å²) in [4.78, 5) is 23.9. The third-order valence-corrected chi connectivity index (χ3v) is 4.51. The fourth-order valence-corrected chi connectivity index (χ4v) is 2.45. The number of rotatable bonds is 6. The Kier molecular flexibility index (Phi) is 5.99. The van der Waals surface area contributed by atoms with Crippen LogP contribution in [0.1, 0.15) is 66.2 Å². The molecular weight excluding hydrogens is 268 g/mol. The third kappa shape index (κ3) is 4.58. The van der Waals surface area contributed by atoms with Crippen LogP contribution in [-0.2, 0) is 19.1 Å². The highest BCUT2D eigenvalue weighted by Gasteiger charge is 2.37. The minimum absolute atomic E-state index is 0.322. The molecule has 1 aliphatic carbocycles. The van der Waals surface area contributed by atoms with E-state index in [1.807, 2.05) is 13.8 Å². The lowest BCUT2D eigenvalue weighted by Crippen LogP contribution is -2.40. The normalized spacial score (nSPS) is 17.9. The molecule has 0 saturated heterocycles.